The van der Waals surface area contributed by atoms with Gasteiger partial charge in [0, 0.05) is 56.0 Å². The molecule has 1 spiro atoms. The SMILES string of the molecule is CC1(C)c2cccc3c2B2c4c(cc(N5c6ccc(-c7ccccc7)cc6C6(C)CCCCC56C)cc4N(C45CC6CC4CC6C5)c4cccc1c42)N3C12CC3CC4CC(C1)C43C2. The first kappa shape index (κ1) is 34.9. The van der Waals surface area contributed by atoms with Crippen molar-refractivity contribution in [2.45, 2.75) is 139 Å². The average Bonchev–Trinajstić information content (AvgIpc) is 4.14. The normalized spacial score (nSPS) is 40.5. The first-order valence-electron chi connectivity index (χ1n) is 25.6. The molecule has 6 unspecified atom stereocenters. The maximum absolute atomic E-state index is 3.14. The Hall–Kier alpha value is -4.44. The Balaban J connectivity index is 0.976. The molecule has 0 radical (unpaired) electrons. The molecule has 5 aromatic rings. The summed E-state index contributed by atoms with van der Waals surface area (Å²) in [6, 6.07) is 39.7. The number of anilines is 6. The van der Waals surface area contributed by atoms with E-state index in [0.29, 0.717) is 5.41 Å². The number of fused-ring (bicyclic) bond motifs is 4. The molecule has 6 bridgehead atoms. The standard InChI is InChI=1S/C59H60BN3/c1-54(2)43-14-10-16-47-51(43)60-52-44(54)15-11-17-48(52)63(58-29-36-22-38(58)23-37(36)30-58)50-28-42(27-49(53(50)60)62(47)57-31-40-25-39-26-41(32-57)59(39,40)33-57)61-46-19-18-35(34-12-6-5-7-13-34)24-45(46)55(3)20-8-9-21-56(55,61)4/h5-7,10-19,24,27-28,36-41H,8-9,20-23,25-26,29-33H2,1-4H3. The quantitative estimate of drug-likeness (QED) is 0.167. The van der Waals surface area contributed by atoms with E-state index >= 15 is 0 Å². The van der Waals surface area contributed by atoms with Crippen LogP contribution in [0.1, 0.15) is 128 Å². The van der Waals surface area contributed by atoms with E-state index in [1.165, 1.54) is 106 Å². The van der Waals surface area contributed by atoms with E-state index in [2.05, 4.69) is 139 Å². The lowest BCUT2D eigenvalue weighted by Gasteiger charge is -2.66. The summed E-state index contributed by atoms with van der Waals surface area (Å²) < 4.78 is 0. The molecule has 4 aliphatic heterocycles. The van der Waals surface area contributed by atoms with E-state index < -0.39 is 0 Å². The molecular formula is C59H60BN3. The van der Waals surface area contributed by atoms with Gasteiger partial charge in [0.05, 0.1) is 5.54 Å². The second-order valence-corrected chi connectivity index (χ2v) is 25.0. The molecule has 13 aliphatic rings. The van der Waals surface area contributed by atoms with Crippen LogP contribution in [0.4, 0.5) is 34.1 Å². The van der Waals surface area contributed by atoms with Gasteiger partial charge in [-0.25, -0.2) is 0 Å². The maximum Gasteiger partial charge on any atom is 0.252 e. The Kier molecular flexibility index (Phi) is 5.81. The molecule has 3 nitrogen and oxygen atoms in total. The van der Waals surface area contributed by atoms with Crippen molar-refractivity contribution in [2.24, 2.45) is 40.9 Å². The monoisotopic (exact) mass is 821 g/mol. The van der Waals surface area contributed by atoms with Crippen molar-refractivity contribution < 1.29 is 0 Å². The third-order valence-electron chi connectivity index (χ3n) is 23.0. The lowest BCUT2D eigenvalue weighted by Crippen LogP contribution is -2.70. The fourth-order valence-corrected chi connectivity index (χ4v) is 20.5. The second-order valence-electron chi connectivity index (χ2n) is 25.0. The van der Waals surface area contributed by atoms with Gasteiger partial charge in [0.1, 0.15) is 0 Å². The minimum atomic E-state index is -0.0596. The predicted molar refractivity (Wildman–Crippen MR) is 259 cm³/mol. The highest BCUT2D eigenvalue weighted by molar-refractivity contribution is 7.01. The van der Waals surface area contributed by atoms with E-state index in [1.54, 1.807) is 55.8 Å². The largest absolute Gasteiger partial charge is 0.336 e. The van der Waals surface area contributed by atoms with Gasteiger partial charge in [-0.1, -0.05) is 94.3 Å². The van der Waals surface area contributed by atoms with Gasteiger partial charge in [-0.05, 0) is 199 Å². The zero-order valence-electron chi connectivity index (χ0n) is 37.8. The molecule has 5 aromatic carbocycles. The summed E-state index contributed by atoms with van der Waals surface area (Å²) >= 11 is 0. The van der Waals surface area contributed by atoms with Crippen LogP contribution in [0, 0.1) is 40.9 Å². The van der Waals surface area contributed by atoms with E-state index in [4.69, 9.17) is 0 Å². The summed E-state index contributed by atoms with van der Waals surface area (Å²) in [7, 11) is 0. The molecule has 4 heterocycles. The molecule has 314 valence electrons. The topological polar surface area (TPSA) is 9.72 Å². The maximum atomic E-state index is 3.14. The minimum absolute atomic E-state index is 0.0249. The Bertz CT molecular complexity index is 2940. The number of hydrogen-bond acceptors (Lipinski definition) is 3. The zero-order valence-corrected chi connectivity index (χ0v) is 37.8. The van der Waals surface area contributed by atoms with Crippen LogP contribution in [0.15, 0.2) is 97.1 Å². The molecule has 9 aliphatic carbocycles. The molecule has 0 aromatic heterocycles. The van der Waals surface area contributed by atoms with E-state index in [0.717, 1.165) is 35.5 Å². The number of rotatable bonds is 4. The highest BCUT2D eigenvalue weighted by Gasteiger charge is 2.79. The molecule has 63 heavy (non-hydrogen) atoms. The van der Waals surface area contributed by atoms with Crippen molar-refractivity contribution in [2.75, 3.05) is 14.7 Å². The third kappa shape index (κ3) is 3.52. The van der Waals surface area contributed by atoms with Crippen LogP contribution >= 0.6 is 0 Å². The van der Waals surface area contributed by atoms with Crippen LogP contribution < -0.4 is 31.1 Å². The Morgan fingerprint density at radius 2 is 1.17 bits per heavy atom. The number of hydrogen-bond donors (Lipinski definition) is 0. The van der Waals surface area contributed by atoms with Gasteiger partial charge in [0.15, 0.2) is 0 Å². The fraction of sp³-hybridized carbons (Fsp3) is 0.492. The van der Waals surface area contributed by atoms with Gasteiger partial charge >= 0.3 is 0 Å². The van der Waals surface area contributed by atoms with Crippen molar-refractivity contribution in [3.05, 3.63) is 114 Å². The molecule has 9 fully saturated rings. The van der Waals surface area contributed by atoms with Gasteiger partial charge < -0.3 is 14.7 Å². The fourth-order valence-electron chi connectivity index (χ4n) is 20.5. The number of nitrogens with zero attached hydrogens (tertiary/aromatic N) is 3. The van der Waals surface area contributed by atoms with Crippen LogP contribution in [0.3, 0.4) is 0 Å². The first-order valence-corrected chi connectivity index (χ1v) is 25.6. The van der Waals surface area contributed by atoms with Crippen molar-refractivity contribution in [3.63, 3.8) is 0 Å². The summed E-state index contributed by atoms with van der Waals surface area (Å²) in [4.78, 5) is 9.22. The summed E-state index contributed by atoms with van der Waals surface area (Å²) in [6.07, 6.45) is 17.9. The number of benzene rings is 5. The molecule has 0 N–H and O–H groups in total. The summed E-state index contributed by atoms with van der Waals surface area (Å²) in [5.41, 5.74) is 22.7. The minimum Gasteiger partial charge on any atom is -0.336 e. The van der Waals surface area contributed by atoms with Gasteiger partial charge in [0.25, 0.3) is 6.71 Å². The molecule has 18 rings (SSSR count). The van der Waals surface area contributed by atoms with Crippen LogP contribution in [0.2, 0.25) is 0 Å². The van der Waals surface area contributed by atoms with Crippen LogP contribution in [0.25, 0.3) is 11.1 Å². The van der Waals surface area contributed by atoms with Crippen molar-refractivity contribution >= 4 is 57.2 Å². The molecule has 6 atom stereocenters. The van der Waals surface area contributed by atoms with Gasteiger partial charge in [-0.3, -0.25) is 0 Å². The lowest BCUT2D eigenvalue weighted by molar-refractivity contribution is -0.175. The smallest absolute Gasteiger partial charge is 0.252 e. The predicted octanol–water partition coefficient (Wildman–Crippen LogP) is 11.9. The Morgan fingerprint density at radius 1 is 0.508 bits per heavy atom. The summed E-state index contributed by atoms with van der Waals surface area (Å²) in [5, 5.41) is 0. The molecule has 0 saturated heterocycles. The molecular weight excluding hydrogens is 761 g/mol. The zero-order chi connectivity index (χ0) is 41.4. The van der Waals surface area contributed by atoms with Gasteiger partial charge in [0.2, 0.25) is 0 Å². The van der Waals surface area contributed by atoms with Gasteiger partial charge in [-0.15, -0.1) is 0 Å². The molecule has 9 saturated carbocycles. The van der Waals surface area contributed by atoms with E-state index in [1.807, 2.05) is 0 Å². The third-order valence-corrected chi connectivity index (χ3v) is 23.0. The highest BCUT2D eigenvalue weighted by Crippen LogP contribution is 2.83. The van der Waals surface area contributed by atoms with Crippen LogP contribution in [0.5, 0.6) is 0 Å². The van der Waals surface area contributed by atoms with Crippen LogP contribution in [-0.4, -0.2) is 23.3 Å². The van der Waals surface area contributed by atoms with Gasteiger partial charge in [-0.2, -0.15) is 0 Å². The van der Waals surface area contributed by atoms with Crippen molar-refractivity contribution in [1.29, 1.82) is 0 Å². The van der Waals surface area contributed by atoms with Crippen molar-refractivity contribution in [1.82, 2.24) is 0 Å². The Labute approximate surface area is 374 Å². The lowest BCUT2D eigenvalue weighted by atomic mass is 9.28. The first-order chi connectivity index (χ1) is 30.6. The van der Waals surface area contributed by atoms with Crippen molar-refractivity contribution in [3.8, 4) is 11.1 Å². The van der Waals surface area contributed by atoms with E-state index in [-0.39, 0.29) is 34.2 Å². The second kappa shape index (κ2) is 10.5. The Morgan fingerprint density at radius 3 is 1.83 bits per heavy atom. The van der Waals surface area contributed by atoms with Crippen LogP contribution in [-0.2, 0) is 10.8 Å². The van der Waals surface area contributed by atoms with E-state index in [9.17, 15) is 0 Å². The molecule has 4 heteroatoms. The summed E-state index contributed by atoms with van der Waals surface area (Å²) in [5.74, 6) is 5.47. The summed E-state index contributed by atoms with van der Waals surface area (Å²) in [6.45, 7) is 10.7. The average molecular weight is 822 g/mol. The highest BCUT2D eigenvalue weighted by atomic mass is 15.3. The molecule has 0 amide bonds.